The Kier molecular flexibility index (Phi) is 13.1. The number of unbranched alkanes of at least 4 members (excludes halogenated alkanes) is 1. The van der Waals surface area contributed by atoms with Gasteiger partial charge in [-0.15, -0.1) is 0 Å². The Morgan fingerprint density at radius 3 is 2.54 bits per heavy atom. The van der Waals surface area contributed by atoms with Crippen LogP contribution in [0.4, 0.5) is 4.39 Å². The van der Waals surface area contributed by atoms with E-state index < -0.39 is 0 Å². The maximum absolute atomic E-state index is 14.5. The molecule has 0 amide bonds. The highest BCUT2D eigenvalue weighted by Gasteiger charge is 2.30. The first-order valence-corrected chi connectivity index (χ1v) is 13.4. The topological polar surface area (TPSA) is 21.5 Å². The second-order valence-electron chi connectivity index (χ2n) is 9.94. The Morgan fingerprint density at radius 1 is 1.05 bits per heavy atom. The normalized spacial score (nSPS) is 13.1. The van der Waals surface area contributed by atoms with Gasteiger partial charge in [-0.25, -0.2) is 8.97 Å². The Bertz CT molecular complexity index is 1120. The van der Waals surface area contributed by atoms with Gasteiger partial charge in [0.25, 0.3) is 0 Å². The van der Waals surface area contributed by atoms with Crippen molar-refractivity contribution in [2.45, 2.75) is 79.2 Å². The van der Waals surface area contributed by atoms with Crippen LogP contribution in [0.5, 0.6) is 11.5 Å². The molecule has 2 aromatic carbocycles. The zero-order valence-corrected chi connectivity index (χ0v) is 24.8. The van der Waals surface area contributed by atoms with Crippen LogP contribution >= 0.6 is 0 Å². The fourth-order valence-corrected chi connectivity index (χ4v) is 4.76. The van der Waals surface area contributed by atoms with Gasteiger partial charge in [-0.05, 0) is 70.7 Å². The van der Waals surface area contributed by atoms with Crippen LogP contribution in [0, 0.1) is 5.82 Å². The van der Waals surface area contributed by atoms with E-state index in [0.29, 0.717) is 13.2 Å². The van der Waals surface area contributed by atoms with Crippen LogP contribution < -0.4 is 26.5 Å². The molecule has 0 unspecified atom stereocenters. The molecule has 0 radical (unpaired) electrons. The van der Waals surface area contributed by atoms with Crippen molar-refractivity contribution in [3.05, 3.63) is 82.2 Å². The second-order valence-corrected chi connectivity index (χ2v) is 9.94. The summed E-state index contributed by atoms with van der Waals surface area (Å²) in [5, 5.41) is 0. The molecule has 0 atom stereocenters. The molecule has 0 saturated carbocycles. The van der Waals surface area contributed by atoms with Crippen molar-refractivity contribution in [3.8, 4) is 11.5 Å². The number of hydrogen-bond donors (Lipinski definition) is 0. The van der Waals surface area contributed by atoms with Gasteiger partial charge in [-0.3, -0.25) is 0 Å². The summed E-state index contributed by atoms with van der Waals surface area (Å²) < 4.78 is 28.8. The van der Waals surface area contributed by atoms with Crippen molar-refractivity contribution < 1.29 is 35.4 Å². The van der Waals surface area contributed by atoms with Crippen molar-refractivity contribution in [3.63, 3.8) is 0 Å². The van der Waals surface area contributed by atoms with E-state index in [4.69, 9.17) is 9.47 Å². The van der Waals surface area contributed by atoms with E-state index >= 15 is 0 Å². The van der Waals surface area contributed by atoms with Crippen molar-refractivity contribution in [1.82, 2.24) is 0 Å². The molecule has 1 aliphatic heterocycles. The number of methoxy groups -OCH3 is 1. The number of hydrogen-bond acceptors (Lipinski definition) is 2. The molecule has 1 heterocycles. The van der Waals surface area contributed by atoms with E-state index in [1.165, 1.54) is 28.0 Å². The molecular weight excluding hydrogens is 529 g/mol. The predicted octanol–water partition coefficient (Wildman–Crippen LogP) is 5.05. The van der Waals surface area contributed by atoms with Crippen molar-refractivity contribution in [2.75, 3.05) is 20.3 Å². The van der Waals surface area contributed by atoms with Gasteiger partial charge in [0.2, 0.25) is 0 Å². The number of nitrogens with zero attached hydrogens (tertiary/aromatic N) is 1. The highest BCUT2D eigenvalue weighted by molar-refractivity contribution is 5.99. The number of rotatable bonds is 13. The summed E-state index contributed by atoms with van der Waals surface area (Å²) in [5.74, 6) is 1.53. The lowest BCUT2D eigenvalue weighted by Gasteiger charge is -2.23. The fourth-order valence-electron chi connectivity index (χ4n) is 4.76. The lowest BCUT2D eigenvalue weighted by molar-refractivity contribution is -0.546. The fraction of sp³-hybridized carbons (Fsp3) is 0.469. The Balaban J connectivity index is 0.00000481. The Labute approximate surface area is 233 Å². The Morgan fingerprint density at radius 2 is 1.84 bits per heavy atom. The largest absolute Gasteiger partial charge is 1.00 e. The highest BCUT2D eigenvalue weighted by Crippen LogP contribution is 2.37. The first-order chi connectivity index (χ1) is 17.4. The van der Waals surface area contributed by atoms with Crippen LogP contribution in [-0.4, -0.2) is 30.5 Å². The number of allylic oxidation sites excluding steroid dienone is 4. The zero-order chi connectivity index (χ0) is 25.9. The quantitative estimate of drug-likeness (QED) is 0.191. The van der Waals surface area contributed by atoms with Crippen LogP contribution in [0.2, 0.25) is 0 Å². The molecule has 0 saturated heterocycles. The second kappa shape index (κ2) is 15.8. The van der Waals surface area contributed by atoms with Crippen molar-refractivity contribution >= 4 is 5.71 Å². The third-order valence-electron chi connectivity index (χ3n) is 6.80. The van der Waals surface area contributed by atoms with E-state index in [1.807, 2.05) is 18.2 Å². The number of benzene rings is 2. The summed E-state index contributed by atoms with van der Waals surface area (Å²) >= 11 is 0. The van der Waals surface area contributed by atoms with E-state index in [2.05, 4.69) is 50.5 Å². The molecule has 0 spiro atoms. The molecule has 0 aromatic heterocycles. The van der Waals surface area contributed by atoms with Crippen LogP contribution in [0.3, 0.4) is 0 Å². The summed E-state index contributed by atoms with van der Waals surface area (Å²) in [6.45, 7) is 10.8. The van der Waals surface area contributed by atoms with Crippen molar-refractivity contribution in [2.24, 2.45) is 0 Å². The van der Waals surface area contributed by atoms with Crippen LogP contribution in [0.25, 0.3) is 0 Å². The lowest BCUT2D eigenvalue weighted by atomic mass is 9.92. The van der Waals surface area contributed by atoms with Crippen LogP contribution in [0.15, 0.2) is 59.7 Å². The molecule has 37 heavy (non-hydrogen) atoms. The standard InChI is InChI=1S/C32H43FNO2.BrH/c1-6-7-22-36-32-28-20-21-34(23-26-15-8-9-16-29(26)33)30(27(28)18-19-31(32)35-5)17-11-14-25(4)13-10-12-24(2)3;/h8-9,12,14-16,18-19H,6-7,10-11,13,17,20-23H2,1-5H3;1H/q+1;/p-1. The minimum Gasteiger partial charge on any atom is -1.00 e. The molecule has 1 aliphatic rings. The molecule has 5 heteroatoms. The van der Waals surface area contributed by atoms with Gasteiger partial charge < -0.3 is 26.5 Å². The third-order valence-corrected chi connectivity index (χ3v) is 6.80. The first kappa shape index (κ1) is 30.8. The molecule has 0 bridgehead atoms. The number of halogens is 2. The minimum atomic E-state index is -0.143. The molecule has 3 nitrogen and oxygen atoms in total. The van der Waals surface area contributed by atoms with Crippen molar-refractivity contribution in [1.29, 1.82) is 0 Å². The average molecular weight is 573 g/mol. The lowest BCUT2D eigenvalue weighted by Crippen LogP contribution is -3.00. The van der Waals surface area contributed by atoms with Gasteiger partial charge in [0.05, 0.1) is 19.3 Å². The van der Waals surface area contributed by atoms with Gasteiger partial charge in [0, 0.05) is 24.0 Å². The SMILES string of the molecule is CCCCOc1c(OC)ccc2c1CC[N+](Cc1ccccc1F)=C2CCC=C(C)CCC=C(C)C.[Br-]. The summed E-state index contributed by atoms with van der Waals surface area (Å²) in [6, 6.07) is 11.3. The summed E-state index contributed by atoms with van der Waals surface area (Å²) in [4.78, 5) is 0. The van der Waals surface area contributed by atoms with Gasteiger partial charge in [-0.1, -0.05) is 48.8 Å². The Hall–Kier alpha value is -2.40. The zero-order valence-electron chi connectivity index (χ0n) is 23.2. The van der Waals surface area contributed by atoms with Gasteiger partial charge in [0.1, 0.15) is 12.4 Å². The minimum absolute atomic E-state index is 0. The maximum Gasteiger partial charge on any atom is 0.184 e. The first-order valence-electron chi connectivity index (χ1n) is 13.4. The average Bonchev–Trinajstić information content (AvgIpc) is 2.86. The van der Waals surface area contributed by atoms with E-state index in [-0.39, 0.29) is 22.8 Å². The van der Waals surface area contributed by atoms with E-state index in [0.717, 1.165) is 68.6 Å². The van der Waals surface area contributed by atoms with E-state index in [1.54, 1.807) is 19.2 Å². The molecule has 2 aromatic rings. The predicted molar refractivity (Wildman–Crippen MR) is 148 cm³/mol. The van der Waals surface area contributed by atoms with E-state index in [9.17, 15) is 4.39 Å². The van der Waals surface area contributed by atoms with Crippen LogP contribution in [-0.2, 0) is 13.0 Å². The smallest absolute Gasteiger partial charge is 0.184 e. The van der Waals surface area contributed by atoms with Gasteiger partial charge >= 0.3 is 0 Å². The van der Waals surface area contributed by atoms with Gasteiger partial charge in [-0.2, -0.15) is 0 Å². The van der Waals surface area contributed by atoms with Crippen LogP contribution in [0.1, 0.15) is 82.9 Å². The summed E-state index contributed by atoms with van der Waals surface area (Å²) in [6.07, 6.45) is 11.7. The number of fused-ring (bicyclic) bond motifs is 1. The molecule has 0 aliphatic carbocycles. The molecular formula is C32H43BrFNO2. The van der Waals surface area contributed by atoms with Gasteiger partial charge in [0.15, 0.2) is 23.8 Å². The number of ether oxygens (including phenoxy) is 2. The maximum atomic E-state index is 14.5. The summed E-state index contributed by atoms with van der Waals surface area (Å²) in [5.41, 5.74) is 7.21. The highest BCUT2D eigenvalue weighted by atomic mass is 79.9. The monoisotopic (exact) mass is 571 g/mol. The molecule has 202 valence electrons. The molecule has 3 rings (SSSR count). The molecule has 0 fully saturated rings. The third kappa shape index (κ3) is 8.84. The summed E-state index contributed by atoms with van der Waals surface area (Å²) in [7, 11) is 1.70. The molecule has 0 N–H and O–H groups in total.